The number of amides is 1. The molecule has 0 aromatic rings. The van der Waals surface area contributed by atoms with Gasteiger partial charge >= 0.3 is 5.97 Å². The molecule has 53 heavy (non-hydrogen) atoms. The molecule has 0 aliphatic carbocycles. The van der Waals surface area contributed by atoms with Crippen molar-refractivity contribution >= 4 is 11.9 Å². The van der Waals surface area contributed by atoms with Crippen LogP contribution in [0.2, 0.25) is 0 Å². The Morgan fingerprint density at radius 2 is 1.02 bits per heavy atom. The van der Waals surface area contributed by atoms with Gasteiger partial charge in [-0.2, -0.15) is 0 Å². The number of aliphatic hydroxyl groups is 2. The minimum absolute atomic E-state index is 0.0742. The second kappa shape index (κ2) is 41.2. The smallest absolute Gasteiger partial charge is 0.306 e. The summed E-state index contributed by atoms with van der Waals surface area (Å²) in [6.45, 7) is 6.31. The highest BCUT2D eigenvalue weighted by Gasteiger charge is 2.24. The van der Waals surface area contributed by atoms with Gasteiger partial charge in [0.2, 0.25) is 5.91 Å². The first-order chi connectivity index (χ1) is 26.0. The van der Waals surface area contributed by atoms with Crippen LogP contribution in [0.25, 0.3) is 0 Å². The van der Waals surface area contributed by atoms with E-state index in [1.54, 1.807) is 0 Å². The van der Waals surface area contributed by atoms with Crippen molar-refractivity contribution in [2.24, 2.45) is 0 Å². The van der Waals surface area contributed by atoms with Crippen molar-refractivity contribution < 1.29 is 24.5 Å². The van der Waals surface area contributed by atoms with Crippen molar-refractivity contribution in [2.45, 2.75) is 244 Å². The molecule has 310 valence electrons. The number of aliphatic hydroxyl groups excluding tert-OH is 2. The maximum Gasteiger partial charge on any atom is 0.306 e. The van der Waals surface area contributed by atoms with E-state index >= 15 is 0 Å². The first kappa shape index (κ1) is 51.1. The Kier molecular flexibility index (Phi) is 39.8. The van der Waals surface area contributed by atoms with Crippen molar-refractivity contribution in [1.82, 2.24) is 5.32 Å². The van der Waals surface area contributed by atoms with E-state index in [0.717, 1.165) is 64.2 Å². The van der Waals surface area contributed by atoms with Crippen molar-refractivity contribution in [3.05, 3.63) is 36.5 Å². The summed E-state index contributed by atoms with van der Waals surface area (Å²) in [5.41, 5.74) is 0. The number of unbranched alkanes of at least 4 members (excludes halogenated alkanes) is 24. The quantitative estimate of drug-likeness (QED) is 0.0330. The van der Waals surface area contributed by atoms with Crippen LogP contribution in [-0.2, 0) is 14.3 Å². The third kappa shape index (κ3) is 36.8. The summed E-state index contributed by atoms with van der Waals surface area (Å²) in [5, 5.41) is 23.6. The molecule has 0 bridgehead atoms. The second-order valence-electron chi connectivity index (χ2n) is 15.5. The lowest BCUT2D eigenvalue weighted by atomic mass is 10.0. The van der Waals surface area contributed by atoms with Crippen molar-refractivity contribution in [2.75, 3.05) is 6.61 Å². The predicted octanol–water partition coefficient (Wildman–Crippen LogP) is 12.9. The number of carbonyl (C=O) groups is 2. The summed E-state index contributed by atoms with van der Waals surface area (Å²) < 4.78 is 5.87. The van der Waals surface area contributed by atoms with Crippen LogP contribution in [0.1, 0.15) is 226 Å². The molecule has 0 rings (SSSR count). The van der Waals surface area contributed by atoms with Crippen LogP contribution < -0.4 is 5.32 Å². The van der Waals surface area contributed by atoms with Crippen molar-refractivity contribution in [3.8, 4) is 0 Å². The molecular formula is C47H87NO5. The maximum absolute atomic E-state index is 13.1. The van der Waals surface area contributed by atoms with Crippen molar-refractivity contribution in [3.63, 3.8) is 0 Å². The highest BCUT2D eigenvalue weighted by molar-refractivity contribution is 5.77. The Balaban J connectivity index is 4.44. The lowest BCUT2D eigenvalue weighted by Crippen LogP contribution is -2.46. The van der Waals surface area contributed by atoms with Gasteiger partial charge in [-0.25, -0.2) is 0 Å². The Hall–Kier alpha value is -1.92. The van der Waals surface area contributed by atoms with Gasteiger partial charge in [-0.1, -0.05) is 205 Å². The first-order valence-corrected chi connectivity index (χ1v) is 22.7. The molecule has 0 saturated heterocycles. The van der Waals surface area contributed by atoms with E-state index in [4.69, 9.17) is 4.74 Å². The highest BCUT2D eigenvalue weighted by Crippen LogP contribution is 2.17. The monoisotopic (exact) mass is 746 g/mol. The average Bonchev–Trinajstić information content (AvgIpc) is 3.15. The van der Waals surface area contributed by atoms with Gasteiger partial charge in [-0.3, -0.25) is 9.59 Å². The lowest BCUT2D eigenvalue weighted by Gasteiger charge is -2.24. The van der Waals surface area contributed by atoms with Crippen LogP contribution in [0, 0.1) is 0 Å². The number of esters is 1. The summed E-state index contributed by atoms with van der Waals surface area (Å²) in [4.78, 5) is 25.9. The Morgan fingerprint density at radius 1 is 0.566 bits per heavy atom. The average molecular weight is 746 g/mol. The van der Waals surface area contributed by atoms with Crippen LogP contribution in [0.3, 0.4) is 0 Å². The fraction of sp³-hybridized carbons (Fsp3) is 0.830. The summed E-state index contributed by atoms with van der Waals surface area (Å²) in [7, 11) is 0. The molecule has 0 saturated carbocycles. The Bertz CT molecular complexity index is 884. The van der Waals surface area contributed by atoms with Gasteiger partial charge in [0.15, 0.2) is 0 Å². The maximum atomic E-state index is 13.1. The number of hydrogen-bond acceptors (Lipinski definition) is 5. The Labute approximate surface area is 328 Å². The van der Waals surface area contributed by atoms with E-state index in [9.17, 15) is 19.8 Å². The third-order valence-corrected chi connectivity index (χ3v) is 10.3. The normalized spacial score (nSPS) is 13.7. The van der Waals surface area contributed by atoms with E-state index in [0.29, 0.717) is 19.3 Å². The molecule has 3 N–H and O–H groups in total. The van der Waals surface area contributed by atoms with Crippen LogP contribution in [0.15, 0.2) is 36.5 Å². The number of hydrogen-bond donors (Lipinski definition) is 3. The molecule has 0 fully saturated rings. The number of ether oxygens (including phenoxy) is 1. The summed E-state index contributed by atoms with van der Waals surface area (Å²) in [6.07, 6.45) is 46.4. The largest absolute Gasteiger partial charge is 0.462 e. The van der Waals surface area contributed by atoms with E-state index in [-0.39, 0.29) is 24.9 Å². The number of nitrogens with one attached hydrogen (secondary N) is 1. The number of rotatable bonds is 40. The predicted molar refractivity (Wildman–Crippen MR) is 227 cm³/mol. The zero-order valence-electron chi connectivity index (χ0n) is 35.1. The summed E-state index contributed by atoms with van der Waals surface area (Å²) in [5.74, 6) is -0.489. The molecule has 0 heterocycles. The third-order valence-electron chi connectivity index (χ3n) is 10.3. The van der Waals surface area contributed by atoms with E-state index in [1.165, 1.54) is 116 Å². The molecular weight excluding hydrogens is 659 g/mol. The van der Waals surface area contributed by atoms with Gasteiger partial charge in [0, 0.05) is 6.42 Å². The number of carbonyl (C=O) groups excluding carboxylic acids is 2. The second-order valence-corrected chi connectivity index (χ2v) is 15.5. The highest BCUT2D eigenvalue weighted by atomic mass is 16.5. The zero-order chi connectivity index (χ0) is 38.9. The fourth-order valence-corrected chi connectivity index (χ4v) is 6.84. The van der Waals surface area contributed by atoms with Crippen LogP contribution >= 0.6 is 0 Å². The molecule has 0 spiro atoms. The minimum Gasteiger partial charge on any atom is -0.462 e. The molecule has 0 aromatic carbocycles. The summed E-state index contributed by atoms with van der Waals surface area (Å²) in [6, 6.07) is -0.697. The van der Waals surface area contributed by atoms with Crippen molar-refractivity contribution in [1.29, 1.82) is 0 Å². The topological polar surface area (TPSA) is 95.9 Å². The standard InChI is InChI=1S/C47H87NO5/c1-4-7-10-13-16-18-20-22-23-24-26-28-31-34-37-40-47(52)53-43(38-35-32-29-15-12-9-6-3)41-46(51)48-44(42-49)45(50)39-36-33-30-27-25-21-19-17-14-11-8-5-2/h7,10,13,16,18,20,43-45,49-50H,4-6,8-9,11-12,14-15,17,19,21-42H2,1-3H3,(H,48,51)/b10-7+,16-13+,20-18+. The van der Waals surface area contributed by atoms with E-state index in [1.807, 2.05) is 0 Å². The SMILES string of the molecule is CC/C=C/C=C/C=C/CCCCCCCCCC(=O)OC(CCCCCCCCC)CC(=O)NC(CO)C(O)CCCCCCCCCCCCCC. The minimum atomic E-state index is -0.784. The van der Waals surface area contributed by atoms with Gasteiger partial charge in [-0.05, 0) is 44.9 Å². The molecule has 0 aromatic heterocycles. The van der Waals surface area contributed by atoms with Gasteiger partial charge in [-0.15, -0.1) is 0 Å². The summed E-state index contributed by atoms with van der Waals surface area (Å²) >= 11 is 0. The molecule has 0 aliphatic rings. The first-order valence-electron chi connectivity index (χ1n) is 22.7. The van der Waals surface area contributed by atoms with Gasteiger partial charge in [0.05, 0.1) is 25.2 Å². The lowest BCUT2D eigenvalue weighted by molar-refractivity contribution is -0.151. The molecule has 1 amide bonds. The molecule has 6 nitrogen and oxygen atoms in total. The van der Waals surface area contributed by atoms with Crippen LogP contribution in [-0.4, -0.2) is 46.9 Å². The van der Waals surface area contributed by atoms with Gasteiger partial charge < -0.3 is 20.3 Å². The van der Waals surface area contributed by atoms with Gasteiger partial charge in [0.1, 0.15) is 6.10 Å². The molecule has 6 heteroatoms. The van der Waals surface area contributed by atoms with E-state index < -0.39 is 18.2 Å². The van der Waals surface area contributed by atoms with Crippen LogP contribution in [0.4, 0.5) is 0 Å². The number of allylic oxidation sites excluding steroid dienone is 6. The molecule has 3 atom stereocenters. The van der Waals surface area contributed by atoms with Crippen LogP contribution in [0.5, 0.6) is 0 Å². The zero-order valence-corrected chi connectivity index (χ0v) is 35.1. The molecule has 0 aliphatic heterocycles. The van der Waals surface area contributed by atoms with Gasteiger partial charge in [0.25, 0.3) is 0 Å². The Morgan fingerprint density at radius 3 is 1.53 bits per heavy atom. The van der Waals surface area contributed by atoms with E-state index in [2.05, 4.69) is 62.5 Å². The molecule has 3 unspecified atom stereocenters. The molecule has 0 radical (unpaired) electrons. The fourth-order valence-electron chi connectivity index (χ4n) is 6.84.